The average Bonchev–Trinajstić information content (AvgIpc) is 2.98. The molecule has 0 spiro atoms. The highest BCUT2D eigenvalue weighted by atomic mass is 32.1. The van der Waals surface area contributed by atoms with E-state index in [1.54, 1.807) is 6.20 Å². The van der Waals surface area contributed by atoms with Gasteiger partial charge < -0.3 is 5.32 Å². The van der Waals surface area contributed by atoms with Crippen molar-refractivity contribution in [3.63, 3.8) is 0 Å². The fraction of sp³-hybridized carbons (Fsp3) is 0.812. The van der Waals surface area contributed by atoms with Gasteiger partial charge in [-0.25, -0.2) is 0 Å². The third-order valence-electron chi connectivity index (χ3n) is 3.91. The molecule has 1 heterocycles. The fourth-order valence-electron chi connectivity index (χ4n) is 2.56. The zero-order chi connectivity index (χ0) is 15.6. The Hall–Kier alpha value is -0.970. The molecule has 5 heteroatoms. The summed E-state index contributed by atoms with van der Waals surface area (Å²) in [5.74, 6) is -0.0283. The van der Waals surface area contributed by atoms with Crippen LogP contribution in [0.2, 0.25) is 0 Å². The van der Waals surface area contributed by atoms with Crippen LogP contribution in [-0.4, -0.2) is 21.0 Å². The average molecular weight is 311 g/mol. The lowest BCUT2D eigenvalue weighted by Crippen LogP contribution is -2.45. The predicted molar refractivity (Wildman–Crippen MR) is 88.7 cm³/mol. The molecule has 1 aromatic heterocycles. The summed E-state index contributed by atoms with van der Waals surface area (Å²) >= 11 is 1.16. The van der Waals surface area contributed by atoms with E-state index in [9.17, 15) is 4.79 Å². The Bertz CT molecular complexity index is 394. The van der Waals surface area contributed by atoms with Gasteiger partial charge in [0.25, 0.3) is 5.91 Å². The van der Waals surface area contributed by atoms with Gasteiger partial charge in [-0.1, -0.05) is 63.3 Å². The molecule has 1 N–H and O–H groups in total. The molecule has 1 unspecified atom stereocenters. The van der Waals surface area contributed by atoms with Gasteiger partial charge in [0, 0.05) is 5.54 Å². The first-order valence-corrected chi connectivity index (χ1v) is 8.98. The van der Waals surface area contributed by atoms with Gasteiger partial charge in [0.15, 0.2) is 0 Å². The highest BCUT2D eigenvalue weighted by Gasteiger charge is 2.26. The number of amides is 1. The smallest absolute Gasteiger partial charge is 0.265 e. The molecule has 0 radical (unpaired) electrons. The highest BCUT2D eigenvalue weighted by molar-refractivity contribution is 7.07. The summed E-state index contributed by atoms with van der Waals surface area (Å²) in [6.07, 6.45) is 12.2. The third kappa shape index (κ3) is 7.02. The molecule has 0 bridgehead atoms. The van der Waals surface area contributed by atoms with Crippen LogP contribution in [0.15, 0.2) is 6.20 Å². The number of carbonyl (C=O) groups is 1. The Morgan fingerprint density at radius 1 is 1.14 bits per heavy atom. The van der Waals surface area contributed by atoms with Crippen LogP contribution < -0.4 is 5.32 Å². The number of carbonyl (C=O) groups excluding carboxylic acids is 1. The maximum absolute atomic E-state index is 12.3. The molecule has 0 aliphatic heterocycles. The van der Waals surface area contributed by atoms with Crippen molar-refractivity contribution in [1.29, 1.82) is 0 Å². The van der Waals surface area contributed by atoms with Gasteiger partial charge in [0.05, 0.1) is 6.20 Å². The first-order chi connectivity index (χ1) is 10.1. The number of aromatic nitrogens is 2. The van der Waals surface area contributed by atoms with Crippen molar-refractivity contribution >= 4 is 17.4 Å². The summed E-state index contributed by atoms with van der Waals surface area (Å²) in [6.45, 7) is 6.61. The van der Waals surface area contributed by atoms with E-state index in [0.717, 1.165) is 24.4 Å². The first kappa shape index (κ1) is 18.1. The molecule has 0 saturated carbocycles. The Labute approximate surface area is 132 Å². The molecule has 1 rings (SSSR count). The van der Waals surface area contributed by atoms with E-state index in [-0.39, 0.29) is 11.4 Å². The maximum atomic E-state index is 12.3. The Morgan fingerprint density at radius 3 is 2.33 bits per heavy atom. The topological polar surface area (TPSA) is 54.9 Å². The van der Waals surface area contributed by atoms with Crippen molar-refractivity contribution < 1.29 is 4.79 Å². The van der Waals surface area contributed by atoms with Crippen LogP contribution >= 0.6 is 11.5 Å². The summed E-state index contributed by atoms with van der Waals surface area (Å²) in [5.41, 5.74) is -0.107. The van der Waals surface area contributed by atoms with E-state index < -0.39 is 0 Å². The number of hydrogen-bond donors (Lipinski definition) is 1. The second kappa shape index (κ2) is 9.87. The van der Waals surface area contributed by atoms with Crippen molar-refractivity contribution in [2.75, 3.05) is 0 Å². The second-order valence-electron chi connectivity index (χ2n) is 6.06. The molecular weight excluding hydrogens is 282 g/mol. The largest absolute Gasteiger partial charge is 0.346 e. The normalized spacial score (nSPS) is 13.9. The van der Waals surface area contributed by atoms with E-state index in [0.29, 0.717) is 4.88 Å². The monoisotopic (exact) mass is 311 g/mol. The van der Waals surface area contributed by atoms with Gasteiger partial charge >= 0.3 is 0 Å². The number of unbranched alkanes of at least 4 members (excludes halogenated alkanes) is 5. The molecule has 21 heavy (non-hydrogen) atoms. The van der Waals surface area contributed by atoms with Crippen LogP contribution in [0.25, 0.3) is 0 Å². The van der Waals surface area contributed by atoms with Crippen LogP contribution in [0, 0.1) is 0 Å². The van der Waals surface area contributed by atoms with Crippen LogP contribution in [0.1, 0.15) is 88.2 Å². The Kier molecular flexibility index (Phi) is 8.50. The van der Waals surface area contributed by atoms with E-state index in [1.165, 1.54) is 44.9 Å². The predicted octanol–water partition coefficient (Wildman–Crippen LogP) is 4.58. The minimum Gasteiger partial charge on any atom is -0.346 e. The van der Waals surface area contributed by atoms with Gasteiger partial charge in [-0.15, -0.1) is 5.10 Å². The fourth-order valence-corrected chi connectivity index (χ4v) is 2.97. The number of nitrogens with zero attached hydrogens (tertiary/aromatic N) is 2. The minimum atomic E-state index is -0.107. The lowest BCUT2D eigenvalue weighted by Gasteiger charge is -2.31. The second-order valence-corrected chi connectivity index (χ2v) is 6.85. The Morgan fingerprint density at radius 2 is 1.76 bits per heavy atom. The van der Waals surface area contributed by atoms with Gasteiger partial charge in [0.2, 0.25) is 0 Å². The van der Waals surface area contributed by atoms with E-state index in [4.69, 9.17) is 0 Å². The molecule has 4 nitrogen and oxygen atoms in total. The summed E-state index contributed by atoms with van der Waals surface area (Å²) in [7, 11) is 0. The molecule has 1 atom stereocenters. The standard InChI is InChI=1S/C16H29N3OS/c1-4-6-8-10-12-16(3,11-9-7-5-2)18-15(20)14-13-17-19-21-14/h13H,4-12H2,1-3H3,(H,18,20). The zero-order valence-electron chi connectivity index (χ0n) is 13.7. The summed E-state index contributed by atoms with van der Waals surface area (Å²) in [6, 6.07) is 0. The Balaban J connectivity index is 2.54. The van der Waals surface area contributed by atoms with Gasteiger partial charge in [0.1, 0.15) is 4.88 Å². The molecular formula is C16H29N3OS. The quantitative estimate of drug-likeness (QED) is 0.609. The van der Waals surface area contributed by atoms with Crippen molar-refractivity contribution in [1.82, 2.24) is 14.9 Å². The SMILES string of the molecule is CCCCCCC(C)(CCCCC)NC(=O)c1cnns1. The molecule has 0 fully saturated rings. The molecule has 0 aliphatic rings. The third-order valence-corrected chi connectivity index (χ3v) is 4.58. The molecule has 120 valence electrons. The van der Waals surface area contributed by atoms with Crippen molar-refractivity contribution in [2.45, 2.75) is 84.1 Å². The van der Waals surface area contributed by atoms with Crippen molar-refractivity contribution in [3.05, 3.63) is 11.1 Å². The number of nitrogens with one attached hydrogen (secondary N) is 1. The maximum Gasteiger partial charge on any atom is 0.265 e. The number of hydrogen-bond acceptors (Lipinski definition) is 4. The van der Waals surface area contributed by atoms with Crippen LogP contribution in [0.3, 0.4) is 0 Å². The lowest BCUT2D eigenvalue weighted by molar-refractivity contribution is 0.0896. The molecule has 1 amide bonds. The van der Waals surface area contributed by atoms with Crippen LogP contribution in [-0.2, 0) is 0 Å². The van der Waals surface area contributed by atoms with Crippen molar-refractivity contribution in [3.8, 4) is 0 Å². The van der Waals surface area contributed by atoms with Crippen LogP contribution in [0.5, 0.6) is 0 Å². The molecule has 0 saturated heterocycles. The van der Waals surface area contributed by atoms with E-state index in [1.807, 2.05) is 0 Å². The van der Waals surface area contributed by atoms with Crippen molar-refractivity contribution in [2.24, 2.45) is 0 Å². The molecule has 1 aromatic rings. The molecule has 0 aliphatic carbocycles. The first-order valence-electron chi connectivity index (χ1n) is 8.21. The zero-order valence-corrected chi connectivity index (χ0v) is 14.5. The van der Waals surface area contributed by atoms with Gasteiger partial charge in [-0.05, 0) is 31.3 Å². The van der Waals surface area contributed by atoms with E-state index in [2.05, 4.69) is 35.7 Å². The summed E-state index contributed by atoms with van der Waals surface area (Å²) < 4.78 is 3.77. The summed E-state index contributed by atoms with van der Waals surface area (Å²) in [5, 5.41) is 6.97. The minimum absolute atomic E-state index is 0.0283. The van der Waals surface area contributed by atoms with E-state index >= 15 is 0 Å². The van der Waals surface area contributed by atoms with Gasteiger partial charge in [-0.2, -0.15) is 0 Å². The number of rotatable bonds is 11. The highest BCUT2D eigenvalue weighted by Crippen LogP contribution is 2.23. The van der Waals surface area contributed by atoms with Crippen LogP contribution in [0.4, 0.5) is 0 Å². The van der Waals surface area contributed by atoms with Gasteiger partial charge in [-0.3, -0.25) is 4.79 Å². The lowest BCUT2D eigenvalue weighted by atomic mass is 9.88. The summed E-state index contributed by atoms with van der Waals surface area (Å²) in [4.78, 5) is 12.9. The molecule has 0 aromatic carbocycles.